The summed E-state index contributed by atoms with van der Waals surface area (Å²) in [6.45, 7) is 5.85. The summed E-state index contributed by atoms with van der Waals surface area (Å²) in [6.07, 6.45) is 0.193. The number of hydrogen-bond acceptors (Lipinski definition) is 7. The zero-order valence-corrected chi connectivity index (χ0v) is 22.1. The Hall–Kier alpha value is -1.07. The van der Waals surface area contributed by atoms with E-state index in [-0.39, 0.29) is 42.5 Å². The first kappa shape index (κ1) is 28.2. The van der Waals surface area contributed by atoms with E-state index in [0.29, 0.717) is 29.7 Å². The highest BCUT2D eigenvalue weighted by molar-refractivity contribution is 8.01. The number of ether oxygens (including phenoxy) is 1. The fourth-order valence-corrected chi connectivity index (χ4v) is 5.21. The van der Waals surface area contributed by atoms with Crippen molar-refractivity contribution in [3.05, 3.63) is 44.9 Å². The monoisotopic (exact) mass is 552 g/mol. The normalized spacial score (nSPS) is 16.2. The van der Waals surface area contributed by atoms with E-state index in [2.05, 4.69) is 20.5 Å². The van der Waals surface area contributed by atoms with Gasteiger partial charge in [0.2, 0.25) is 11.8 Å². The second-order valence-corrected chi connectivity index (χ2v) is 10.2. The summed E-state index contributed by atoms with van der Waals surface area (Å²) in [5.41, 5.74) is 1.82. The number of carbonyl (C=O) groups excluding carboxylic acids is 2. The molecule has 0 aliphatic carbocycles. The zero-order chi connectivity index (χ0) is 22.9. The van der Waals surface area contributed by atoms with Crippen molar-refractivity contribution in [3.8, 4) is 0 Å². The van der Waals surface area contributed by atoms with Gasteiger partial charge in [0.1, 0.15) is 0 Å². The Bertz CT molecular complexity index is 932. The SMILES string of the molecule is CCNC(=O)Cc1csc(SCC(=O)NC[C@H]2CN(Cc3ccc(Cl)c(Cl)c3)CCO2)n1.Cl. The van der Waals surface area contributed by atoms with Crippen molar-refractivity contribution < 1.29 is 14.3 Å². The number of amides is 2. The molecule has 182 valence electrons. The van der Waals surface area contributed by atoms with Gasteiger partial charge in [-0.05, 0) is 24.6 Å². The first-order valence-electron chi connectivity index (χ1n) is 10.3. The van der Waals surface area contributed by atoms with Crippen molar-refractivity contribution in [2.45, 2.75) is 30.3 Å². The van der Waals surface area contributed by atoms with E-state index >= 15 is 0 Å². The van der Waals surface area contributed by atoms with Crippen molar-refractivity contribution in [3.63, 3.8) is 0 Å². The van der Waals surface area contributed by atoms with E-state index in [1.165, 1.54) is 23.1 Å². The van der Waals surface area contributed by atoms with Crippen LogP contribution in [0.5, 0.6) is 0 Å². The largest absolute Gasteiger partial charge is 0.374 e. The predicted molar refractivity (Wildman–Crippen MR) is 137 cm³/mol. The first-order valence-corrected chi connectivity index (χ1v) is 12.9. The standard InChI is InChI=1S/C21H26Cl2N4O3S2.ClH/c1-2-24-19(28)8-15-12-31-21(26-15)32-13-20(29)25-9-16-11-27(5-6-30-16)10-14-3-4-17(22)18(23)7-14;/h3-4,7,12,16H,2,5-6,8-11,13H2,1H3,(H,24,28)(H,25,29);1H/t16-;/m0./s1. The number of rotatable bonds is 10. The lowest BCUT2D eigenvalue weighted by atomic mass is 10.2. The fraction of sp³-hybridized carbons (Fsp3) is 0.476. The Morgan fingerprint density at radius 2 is 2.09 bits per heavy atom. The van der Waals surface area contributed by atoms with Gasteiger partial charge in [-0.2, -0.15) is 0 Å². The maximum Gasteiger partial charge on any atom is 0.230 e. The van der Waals surface area contributed by atoms with Gasteiger partial charge < -0.3 is 15.4 Å². The highest BCUT2D eigenvalue weighted by Crippen LogP contribution is 2.24. The average molecular weight is 554 g/mol. The summed E-state index contributed by atoms with van der Waals surface area (Å²) in [7, 11) is 0. The molecule has 2 N–H and O–H groups in total. The molecule has 2 heterocycles. The third-order valence-electron chi connectivity index (χ3n) is 4.71. The second kappa shape index (κ2) is 14.4. The number of aromatic nitrogens is 1. The molecule has 0 radical (unpaired) electrons. The number of halogens is 3. The molecule has 1 aliphatic rings. The minimum Gasteiger partial charge on any atom is -0.374 e. The lowest BCUT2D eigenvalue weighted by Gasteiger charge is -2.33. The van der Waals surface area contributed by atoms with Crippen LogP contribution in [-0.4, -0.2) is 66.3 Å². The molecule has 1 fully saturated rings. The number of hydrogen-bond donors (Lipinski definition) is 2. The Morgan fingerprint density at radius 1 is 1.27 bits per heavy atom. The van der Waals surface area contributed by atoms with E-state index < -0.39 is 0 Å². The number of benzene rings is 1. The molecule has 0 unspecified atom stereocenters. The summed E-state index contributed by atoms with van der Waals surface area (Å²) in [5, 5.41) is 8.65. The van der Waals surface area contributed by atoms with Gasteiger partial charge in [0.15, 0.2) is 4.34 Å². The van der Waals surface area contributed by atoms with Gasteiger partial charge in [0.05, 0.1) is 40.6 Å². The molecule has 1 aliphatic heterocycles. The summed E-state index contributed by atoms with van der Waals surface area (Å²) >= 11 is 14.9. The van der Waals surface area contributed by atoms with E-state index in [4.69, 9.17) is 27.9 Å². The van der Waals surface area contributed by atoms with Crippen LogP contribution in [0.15, 0.2) is 27.9 Å². The Labute approximate surface area is 218 Å². The van der Waals surface area contributed by atoms with Gasteiger partial charge in [0, 0.05) is 38.1 Å². The number of thiazole rings is 1. The van der Waals surface area contributed by atoms with E-state index in [1.807, 2.05) is 24.4 Å². The molecule has 1 saturated heterocycles. The smallest absolute Gasteiger partial charge is 0.230 e. The van der Waals surface area contributed by atoms with Crippen LogP contribution in [0.4, 0.5) is 0 Å². The Balaban J connectivity index is 0.00000385. The number of nitrogens with one attached hydrogen (secondary N) is 2. The molecule has 1 aromatic heterocycles. The molecule has 3 rings (SSSR count). The van der Waals surface area contributed by atoms with Gasteiger partial charge in [-0.1, -0.05) is 41.0 Å². The van der Waals surface area contributed by atoms with Crippen LogP contribution in [0.25, 0.3) is 0 Å². The highest BCUT2D eigenvalue weighted by atomic mass is 35.5. The third-order valence-corrected chi connectivity index (χ3v) is 7.52. The van der Waals surface area contributed by atoms with Crippen molar-refractivity contribution in [2.24, 2.45) is 0 Å². The molecular formula is C21H27Cl3N4O3S2. The number of likely N-dealkylation sites (N-methyl/N-ethyl adjacent to an activating group) is 1. The average Bonchev–Trinajstić information content (AvgIpc) is 3.21. The molecule has 12 heteroatoms. The molecule has 1 aromatic carbocycles. The van der Waals surface area contributed by atoms with Crippen LogP contribution in [0.3, 0.4) is 0 Å². The molecule has 7 nitrogen and oxygen atoms in total. The van der Waals surface area contributed by atoms with Crippen molar-refractivity contribution in [1.29, 1.82) is 0 Å². The van der Waals surface area contributed by atoms with Gasteiger partial charge in [-0.25, -0.2) is 4.98 Å². The molecular weight excluding hydrogens is 527 g/mol. The number of morpholine rings is 1. The Morgan fingerprint density at radius 3 is 2.85 bits per heavy atom. The van der Waals surface area contributed by atoms with E-state index in [1.54, 1.807) is 6.07 Å². The van der Waals surface area contributed by atoms with Crippen LogP contribution in [0, 0.1) is 0 Å². The molecule has 0 saturated carbocycles. The highest BCUT2D eigenvalue weighted by Gasteiger charge is 2.21. The maximum atomic E-state index is 12.3. The lowest BCUT2D eigenvalue weighted by molar-refractivity contribution is -0.121. The van der Waals surface area contributed by atoms with Crippen LogP contribution < -0.4 is 10.6 Å². The second-order valence-electron chi connectivity index (χ2n) is 7.30. The third kappa shape index (κ3) is 9.60. The quantitative estimate of drug-likeness (QED) is 0.437. The lowest BCUT2D eigenvalue weighted by Crippen LogP contribution is -2.47. The zero-order valence-electron chi connectivity index (χ0n) is 18.1. The van der Waals surface area contributed by atoms with Gasteiger partial charge >= 0.3 is 0 Å². The van der Waals surface area contributed by atoms with Crippen LogP contribution in [-0.2, 0) is 27.3 Å². The van der Waals surface area contributed by atoms with Crippen LogP contribution in [0.2, 0.25) is 10.0 Å². The summed E-state index contributed by atoms with van der Waals surface area (Å²) in [4.78, 5) is 30.6. The number of carbonyl (C=O) groups is 2. The van der Waals surface area contributed by atoms with Gasteiger partial charge in [-0.3, -0.25) is 14.5 Å². The molecule has 0 spiro atoms. The Kier molecular flexibility index (Phi) is 12.3. The fourth-order valence-electron chi connectivity index (χ4n) is 3.21. The summed E-state index contributed by atoms with van der Waals surface area (Å²) < 4.78 is 6.58. The van der Waals surface area contributed by atoms with Crippen LogP contribution >= 0.6 is 58.7 Å². The summed E-state index contributed by atoms with van der Waals surface area (Å²) in [5.74, 6) is 0.154. The van der Waals surface area contributed by atoms with Crippen molar-refractivity contribution >= 4 is 70.5 Å². The first-order chi connectivity index (χ1) is 15.4. The van der Waals surface area contributed by atoms with E-state index in [9.17, 15) is 9.59 Å². The summed E-state index contributed by atoms with van der Waals surface area (Å²) in [6, 6.07) is 5.66. The number of thioether (sulfide) groups is 1. The van der Waals surface area contributed by atoms with Crippen LogP contribution in [0.1, 0.15) is 18.2 Å². The molecule has 33 heavy (non-hydrogen) atoms. The predicted octanol–water partition coefficient (Wildman–Crippen LogP) is 3.66. The minimum atomic E-state index is -0.0688. The molecule has 2 aromatic rings. The van der Waals surface area contributed by atoms with E-state index in [0.717, 1.165) is 35.2 Å². The topological polar surface area (TPSA) is 83.6 Å². The molecule has 0 bridgehead atoms. The molecule has 2 amide bonds. The van der Waals surface area contributed by atoms with Gasteiger partial charge in [0.25, 0.3) is 0 Å². The van der Waals surface area contributed by atoms with Crippen molar-refractivity contribution in [1.82, 2.24) is 20.5 Å². The molecule has 1 atom stereocenters. The number of nitrogens with zero attached hydrogens (tertiary/aromatic N) is 2. The van der Waals surface area contributed by atoms with Gasteiger partial charge in [-0.15, -0.1) is 23.7 Å². The maximum absolute atomic E-state index is 12.3. The van der Waals surface area contributed by atoms with Crippen molar-refractivity contribution in [2.75, 3.05) is 38.5 Å². The minimum absolute atomic E-state index is 0.